The molecule has 164 valence electrons. The van der Waals surface area contributed by atoms with E-state index in [4.69, 9.17) is 28.9 Å². The molecule has 9 nitrogen and oxygen atoms in total. The third-order valence-corrected chi connectivity index (χ3v) is 5.36. The highest BCUT2D eigenvalue weighted by atomic mass is 35.5. The Morgan fingerprint density at radius 1 is 1.22 bits per heavy atom. The van der Waals surface area contributed by atoms with Crippen molar-refractivity contribution in [2.75, 3.05) is 19.0 Å². The second-order valence-corrected chi connectivity index (χ2v) is 8.15. The number of halogens is 2. The number of carbonyl (C=O) groups excluding carboxylic acids is 1. The van der Waals surface area contributed by atoms with Crippen molar-refractivity contribution < 1.29 is 9.90 Å². The fraction of sp³-hybridized carbons (Fsp3) is 0.143. The van der Waals surface area contributed by atoms with Gasteiger partial charge in [-0.25, -0.2) is 9.67 Å². The summed E-state index contributed by atoms with van der Waals surface area (Å²) in [5.41, 5.74) is 6.35. The van der Waals surface area contributed by atoms with Gasteiger partial charge in [-0.3, -0.25) is 9.59 Å². The standard InChI is InChI=1S/C21H18Cl2N6O3/c1-28(2)20-16-19(25-15(26-21(16)32)7-10-4-3-5-12(30)6-10)29(27-20)17-13(22)8-11(18(24)31)9-14(17)23/h3-6,8-9,30H,7H2,1-2H3,(H2,24,31)(H,25,26,32). The molecule has 0 spiro atoms. The Bertz CT molecular complexity index is 1400. The number of anilines is 1. The molecule has 2 aromatic carbocycles. The molecule has 11 heteroatoms. The molecule has 0 unspecified atom stereocenters. The van der Waals surface area contributed by atoms with E-state index in [0.717, 1.165) is 5.56 Å². The number of nitrogens with zero attached hydrogens (tertiary/aromatic N) is 4. The molecule has 0 atom stereocenters. The Balaban J connectivity index is 1.96. The number of hydrogen-bond donors (Lipinski definition) is 3. The quantitative estimate of drug-likeness (QED) is 0.409. The number of benzene rings is 2. The molecule has 32 heavy (non-hydrogen) atoms. The van der Waals surface area contributed by atoms with Gasteiger partial charge in [0, 0.05) is 26.1 Å². The summed E-state index contributed by atoms with van der Waals surface area (Å²) in [5.74, 6) is 0.158. The molecule has 4 N–H and O–H groups in total. The Morgan fingerprint density at radius 2 is 1.91 bits per heavy atom. The predicted octanol–water partition coefficient (Wildman–Crippen LogP) is 2.88. The molecule has 2 heterocycles. The highest BCUT2D eigenvalue weighted by Gasteiger charge is 2.23. The number of phenols is 1. The molecule has 0 saturated carbocycles. The van der Waals surface area contributed by atoms with Gasteiger partial charge in [-0.05, 0) is 29.8 Å². The second kappa shape index (κ2) is 8.18. The van der Waals surface area contributed by atoms with Crippen molar-refractivity contribution in [2.45, 2.75) is 6.42 Å². The van der Waals surface area contributed by atoms with Gasteiger partial charge in [0.25, 0.3) is 5.56 Å². The lowest BCUT2D eigenvalue weighted by Crippen LogP contribution is -2.16. The normalized spacial score (nSPS) is 11.1. The number of rotatable bonds is 5. The maximum absolute atomic E-state index is 13.0. The average Bonchev–Trinajstić information content (AvgIpc) is 3.07. The van der Waals surface area contributed by atoms with Gasteiger partial charge in [0.15, 0.2) is 11.5 Å². The summed E-state index contributed by atoms with van der Waals surface area (Å²) in [5, 5.41) is 14.7. The van der Waals surface area contributed by atoms with Gasteiger partial charge < -0.3 is 20.7 Å². The SMILES string of the molecule is CN(C)c1nn(-c2c(Cl)cc(C(N)=O)cc2Cl)c2nc(Cc3cccc(O)c3)[nH]c(=O)c12. The van der Waals surface area contributed by atoms with Crippen LogP contribution < -0.4 is 16.2 Å². The molecule has 0 fully saturated rings. The first-order valence-electron chi connectivity index (χ1n) is 9.42. The minimum absolute atomic E-state index is 0.110. The van der Waals surface area contributed by atoms with E-state index < -0.39 is 5.91 Å². The van der Waals surface area contributed by atoms with Crippen molar-refractivity contribution in [3.05, 3.63) is 73.7 Å². The molecule has 2 aromatic heterocycles. The number of hydrogen-bond acceptors (Lipinski definition) is 6. The molecular formula is C21H18Cl2N6O3. The summed E-state index contributed by atoms with van der Waals surface area (Å²) < 4.78 is 1.38. The minimum atomic E-state index is -0.678. The lowest BCUT2D eigenvalue weighted by atomic mass is 10.1. The van der Waals surface area contributed by atoms with Crippen molar-refractivity contribution in [1.29, 1.82) is 0 Å². The zero-order chi connectivity index (χ0) is 23.2. The Hall–Kier alpha value is -3.56. The van der Waals surface area contributed by atoms with Gasteiger partial charge in [0.2, 0.25) is 5.91 Å². The van der Waals surface area contributed by atoms with E-state index in [2.05, 4.69) is 15.1 Å². The smallest absolute Gasteiger partial charge is 0.264 e. The Labute approximate surface area is 192 Å². The first-order valence-corrected chi connectivity index (χ1v) is 10.2. The molecular weight excluding hydrogens is 455 g/mol. The Morgan fingerprint density at radius 3 is 2.50 bits per heavy atom. The molecule has 0 aliphatic rings. The van der Waals surface area contributed by atoms with E-state index in [1.807, 2.05) is 6.07 Å². The number of aromatic nitrogens is 4. The molecule has 0 saturated heterocycles. The first kappa shape index (κ1) is 21.7. The summed E-state index contributed by atoms with van der Waals surface area (Å²) in [6.45, 7) is 0. The number of aromatic amines is 1. The molecule has 0 aliphatic carbocycles. The molecule has 0 aliphatic heterocycles. The van der Waals surface area contributed by atoms with E-state index in [1.54, 1.807) is 37.2 Å². The summed E-state index contributed by atoms with van der Waals surface area (Å²) >= 11 is 12.8. The van der Waals surface area contributed by atoms with Crippen LogP contribution in [0.15, 0.2) is 41.2 Å². The van der Waals surface area contributed by atoms with Crippen LogP contribution in [-0.2, 0) is 6.42 Å². The summed E-state index contributed by atoms with van der Waals surface area (Å²) in [4.78, 5) is 33.6. The van der Waals surface area contributed by atoms with Gasteiger partial charge >= 0.3 is 0 Å². The van der Waals surface area contributed by atoms with Crippen molar-refractivity contribution in [2.24, 2.45) is 5.73 Å². The maximum atomic E-state index is 13.0. The van der Waals surface area contributed by atoms with Crippen molar-refractivity contribution >= 4 is 46.0 Å². The van der Waals surface area contributed by atoms with Crippen LogP contribution >= 0.6 is 23.2 Å². The number of amides is 1. The topological polar surface area (TPSA) is 130 Å². The largest absolute Gasteiger partial charge is 0.508 e. The fourth-order valence-corrected chi connectivity index (χ4v) is 4.02. The van der Waals surface area contributed by atoms with E-state index >= 15 is 0 Å². The van der Waals surface area contributed by atoms with Gasteiger partial charge in [-0.2, -0.15) is 0 Å². The first-order chi connectivity index (χ1) is 15.2. The van der Waals surface area contributed by atoms with E-state index in [1.165, 1.54) is 16.8 Å². The van der Waals surface area contributed by atoms with Crippen LogP contribution in [-0.4, -0.2) is 44.9 Å². The highest BCUT2D eigenvalue weighted by molar-refractivity contribution is 6.38. The minimum Gasteiger partial charge on any atom is -0.508 e. The zero-order valence-electron chi connectivity index (χ0n) is 17.1. The number of H-pyrrole nitrogens is 1. The summed E-state index contributed by atoms with van der Waals surface area (Å²) in [6.07, 6.45) is 0.268. The zero-order valence-corrected chi connectivity index (χ0v) is 18.6. The molecule has 4 rings (SSSR count). The van der Waals surface area contributed by atoms with E-state index in [0.29, 0.717) is 11.6 Å². The highest BCUT2D eigenvalue weighted by Crippen LogP contribution is 2.33. The monoisotopic (exact) mass is 472 g/mol. The Kier molecular flexibility index (Phi) is 5.53. The molecule has 0 radical (unpaired) electrons. The summed E-state index contributed by atoms with van der Waals surface area (Å²) in [6, 6.07) is 9.42. The molecule has 4 aromatic rings. The van der Waals surface area contributed by atoms with E-state index in [9.17, 15) is 14.7 Å². The van der Waals surface area contributed by atoms with Crippen LogP contribution in [0.25, 0.3) is 16.7 Å². The van der Waals surface area contributed by atoms with Crippen LogP contribution in [0.5, 0.6) is 5.75 Å². The van der Waals surface area contributed by atoms with Crippen LogP contribution in [0, 0.1) is 0 Å². The number of aromatic hydroxyl groups is 1. The van der Waals surface area contributed by atoms with E-state index in [-0.39, 0.29) is 50.1 Å². The van der Waals surface area contributed by atoms with Crippen molar-refractivity contribution in [1.82, 2.24) is 19.7 Å². The maximum Gasteiger partial charge on any atom is 0.264 e. The van der Waals surface area contributed by atoms with Crippen molar-refractivity contribution in [3.8, 4) is 11.4 Å². The van der Waals surface area contributed by atoms with Crippen LogP contribution in [0.2, 0.25) is 10.0 Å². The third-order valence-electron chi connectivity index (χ3n) is 4.79. The number of fused-ring (bicyclic) bond motifs is 1. The van der Waals surface area contributed by atoms with Gasteiger partial charge in [0.05, 0.1) is 10.0 Å². The molecule has 0 bridgehead atoms. The van der Waals surface area contributed by atoms with Crippen molar-refractivity contribution in [3.63, 3.8) is 0 Å². The third kappa shape index (κ3) is 3.88. The molecule has 1 amide bonds. The van der Waals surface area contributed by atoms with Crippen LogP contribution in [0.4, 0.5) is 5.82 Å². The number of nitrogens with one attached hydrogen (secondary N) is 1. The second-order valence-electron chi connectivity index (χ2n) is 7.34. The number of phenolic OH excluding ortho intramolecular Hbond substituents is 1. The van der Waals surface area contributed by atoms with Gasteiger partial charge in [0.1, 0.15) is 22.6 Å². The van der Waals surface area contributed by atoms with Gasteiger partial charge in [-0.1, -0.05) is 35.3 Å². The fourth-order valence-electron chi connectivity index (χ4n) is 3.38. The van der Waals surface area contributed by atoms with Crippen LogP contribution in [0.1, 0.15) is 21.7 Å². The number of nitrogens with two attached hydrogens (primary N) is 1. The number of carbonyl (C=O) groups is 1. The number of primary amides is 1. The average molecular weight is 473 g/mol. The predicted molar refractivity (Wildman–Crippen MR) is 123 cm³/mol. The van der Waals surface area contributed by atoms with Crippen LogP contribution in [0.3, 0.4) is 0 Å². The summed E-state index contributed by atoms with van der Waals surface area (Å²) in [7, 11) is 3.48. The van der Waals surface area contributed by atoms with Gasteiger partial charge in [-0.15, -0.1) is 5.10 Å². The lowest BCUT2D eigenvalue weighted by molar-refractivity contribution is 0.100. The lowest BCUT2D eigenvalue weighted by Gasteiger charge is -2.10.